The molecular formula is C20H18FN7O2. The second-order valence-electron chi connectivity index (χ2n) is 6.40. The molecule has 0 radical (unpaired) electrons. The van der Waals surface area contributed by atoms with Crippen LogP contribution in [0.1, 0.15) is 11.3 Å². The Morgan fingerprint density at radius 2 is 2.30 bits per heavy atom. The number of ether oxygens (including phenoxy) is 1. The summed E-state index contributed by atoms with van der Waals surface area (Å²) in [6.45, 7) is 1.26. The van der Waals surface area contributed by atoms with Gasteiger partial charge in [-0.2, -0.15) is 5.10 Å². The summed E-state index contributed by atoms with van der Waals surface area (Å²) in [7, 11) is 0. The van der Waals surface area contributed by atoms with Gasteiger partial charge in [0.2, 0.25) is 5.88 Å². The summed E-state index contributed by atoms with van der Waals surface area (Å²) in [6, 6.07) is 7.00. The molecule has 0 aliphatic carbocycles. The van der Waals surface area contributed by atoms with E-state index in [9.17, 15) is 9.18 Å². The monoisotopic (exact) mass is 407 g/mol. The first kappa shape index (κ1) is 19.4. The molecule has 0 saturated carbocycles. The number of anilines is 1. The highest BCUT2D eigenvalue weighted by Gasteiger charge is 2.11. The number of halogens is 1. The van der Waals surface area contributed by atoms with Gasteiger partial charge in [0.05, 0.1) is 18.6 Å². The number of fused-ring (bicyclic) bond motifs is 1. The van der Waals surface area contributed by atoms with Gasteiger partial charge in [-0.05, 0) is 29.7 Å². The Morgan fingerprint density at radius 1 is 1.40 bits per heavy atom. The lowest BCUT2D eigenvalue weighted by molar-refractivity contribution is 0.310. The Labute approximate surface area is 171 Å². The van der Waals surface area contributed by atoms with Crippen molar-refractivity contribution in [3.63, 3.8) is 0 Å². The molecule has 3 aromatic heterocycles. The van der Waals surface area contributed by atoms with Crippen LogP contribution >= 0.6 is 0 Å². The molecule has 9 nitrogen and oxygen atoms in total. The van der Waals surface area contributed by atoms with Crippen LogP contribution < -0.4 is 21.5 Å². The lowest BCUT2D eigenvalue weighted by Crippen LogP contribution is -2.26. The van der Waals surface area contributed by atoms with E-state index in [1.165, 1.54) is 10.9 Å². The molecule has 4 rings (SSSR count). The van der Waals surface area contributed by atoms with Gasteiger partial charge in [-0.3, -0.25) is 0 Å². The molecule has 0 aromatic carbocycles. The van der Waals surface area contributed by atoms with Crippen molar-refractivity contribution < 1.29 is 9.13 Å². The van der Waals surface area contributed by atoms with Gasteiger partial charge in [-0.1, -0.05) is 12.0 Å². The zero-order valence-electron chi connectivity index (χ0n) is 15.9. The minimum atomic E-state index is -0.453. The van der Waals surface area contributed by atoms with Crippen LogP contribution in [-0.4, -0.2) is 44.0 Å². The van der Waals surface area contributed by atoms with E-state index in [1.807, 2.05) is 6.07 Å². The molecule has 0 atom stereocenters. The number of rotatable bonds is 4. The van der Waals surface area contributed by atoms with E-state index in [0.29, 0.717) is 42.4 Å². The molecule has 0 fully saturated rings. The van der Waals surface area contributed by atoms with Crippen LogP contribution in [0.3, 0.4) is 0 Å². The fourth-order valence-electron chi connectivity index (χ4n) is 2.80. The van der Waals surface area contributed by atoms with E-state index < -0.39 is 5.69 Å². The Hall–Kier alpha value is -3.97. The van der Waals surface area contributed by atoms with Gasteiger partial charge in [0.25, 0.3) is 0 Å². The average molecular weight is 407 g/mol. The molecule has 0 spiro atoms. The van der Waals surface area contributed by atoms with Crippen molar-refractivity contribution >= 4 is 5.69 Å². The Morgan fingerprint density at radius 3 is 3.13 bits per heavy atom. The SMILES string of the molecule is NC/C(=C\F)Cn1ncn(-c2cccc(C#Cc3cnc4c(c3)NCCO4)n2)c1=O. The van der Waals surface area contributed by atoms with Crippen LogP contribution in [0.25, 0.3) is 5.82 Å². The van der Waals surface area contributed by atoms with Gasteiger partial charge in [-0.15, -0.1) is 0 Å². The summed E-state index contributed by atoms with van der Waals surface area (Å²) < 4.78 is 20.6. The third kappa shape index (κ3) is 4.06. The third-order valence-corrected chi connectivity index (χ3v) is 4.33. The van der Waals surface area contributed by atoms with E-state index in [-0.39, 0.29) is 18.7 Å². The van der Waals surface area contributed by atoms with Crippen LogP contribution in [0, 0.1) is 11.8 Å². The molecule has 0 bridgehead atoms. The van der Waals surface area contributed by atoms with E-state index in [1.54, 1.807) is 24.4 Å². The minimum absolute atomic E-state index is 0.00167. The molecule has 10 heteroatoms. The second-order valence-corrected chi connectivity index (χ2v) is 6.40. The number of hydrogen-bond donors (Lipinski definition) is 2. The molecule has 1 aliphatic heterocycles. The summed E-state index contributed by atoms with van der Waals surface area (Å²) >= 11 is 0. The van der Waals surface area contributed by atoms with Crippen molar-refractivity contribution in [2.45, 2.75) is 6.54 Å². The Bertz CT molecular complexity index is 1220. The molecule has 0 saturated heterocycles. The van der Waals surface area contributed by atoms with Crippen molar-refractivity contribution in [2.24, 2.45) is 5.73 Å². The zero-order valence-corrected chi connectivity index (χ0v) is 15.9. The predicted octanol–water partition coefficient (Wildman–Crippen LogP) is 0.840. The molecule has 0 unspecified atom stereocenters. The van der Waals surface area contributed by atoms with Gasteiger partial charge in [0.1, 0.15) is 24.4 Å². The quantitative estimate of drug-likeness (QED) is 0.616. The highest BCUT2D eigenvalue weighted by Crippen LogP contribution is 2.24. The maximum absolute atomic E-state index is 12.7. The van der Waals surface area contributed by atoms with Gasteiger partial charge in [0, 0.05) is 24.8 Å². The van der Waals surface area contributed by atoms with Crippen LogP contribution in [0.2, 0.25) is 0 Å². The number of nitrogens with one attached hydrogen (secondary N) is 1. The molecular weight excluding hydrogens is 389 g/mol. The fourth-order valence-corrected chi connectivity index (χ4v) is 2.80. The van der Waals surface area contributed by atoms with Crippen molar-refractivity contribution in [1.82, 2.24) is 24.3 Å². The summed E-state index contributed by atoms with van der Waals surface area (Å²) in [5.41, 5.74) is 7.22. The number of nitrogens with zero attached hydrogens (tertiary/aromatic N) is 5. The first-order chi connectivity index (χ1) is 14.7. The Balaban J connectivity index is 1.58. The molecule has 0 amide bonds. The Kier molecular flexibility index (Phi) is 5.54. The average Bonchev–Trinajstić information content (AvgIpc) is 3.16. The van der Waals surface area contributed by atoms with Crippen molar-refractivity contribution in [3.05, 3.63) is 70.4 Å². The minimum Gasteiger partial charge on any atom is -0.474 e. The van der Waals surface area contributed by atoms with E-state index >= 15 is 0 Å². The van der Waals surface area contributed by atoms with Crippen LogP contribution in [0.15, 0.2) is 53.5 Å². The van der Waals surface area contributed by atoms with Gasteiger partial charge < -0.3 is 15.8 Å². The summed E-state index contributed by atoms with van der Waals surface area (Å²) in [5.74, 6) is 6.89. The fraction of sp³-hybridized carbons (Fsp3) is 0.200. The maximum atomic E-state index is 12.7. The molecule has 30 heavy (non-hydrogen) atoms. The molecule has 1 aliphatic rings. The largest absolute Gasteiger partial charge is 0.474 e. The normalized spacial score (nSPS) is 12.9. The predicted molar refractivity (Wildman–Crippen MR) is 108 cm³/mol. The molecule has 3 N–H and O–H groups in total. The molecule has 4 heterocycles. The third-order valence-electron chi connectivity index (χ3n) is 4.33. The summed E-state index contributed by atoms with van der Waals surface area (Å²) in [4.78, 5) is 21.2. The van der Waals surface area contributed by atoms with Crippen LogP contribution in [0.4, 0.5) is 10.1 Å². The number of nitrogens with two attached hydrogens (primary N) is 1. The smallest absolute Gasteiger partial charge is 0.351 e. The van der Waals surface area contributed by atoms with Gasteiger partial charge in [-0.25, -0.2) is 28.4 Å². The molecule has 3 aromatic rings. The first-order valence-corrected chi connectivity index (χ1v) is 9.17. The van der Waals surface area contributed by atoms with Crippen molar-refractivity contribution in [3.8, 4) is 23.5 Å². The number of hydrogen-bond acceptors (Lipinski definition) is 7. The summed E-state index contributed by atoms with van der Waals surface area (Å²) in [6.07, 6.45) is 3.34. The highest BCUT2D eigenvalue weighted by atomic mass is 19.1. The standard InChI is InChI=1S/C20H18FN7O2/c21-9-15(10-22)12-28-20(29)27(13-25-28)18-3-1-2-16(26-18)5-4-14-8-17-19(24-11-14)30-7-6-23-17/h1-3,8-9,11,13,23H,6-7,10,12,22H2/b15-9+. The number of pyridine rings is 2. The van der Waals surface area contributed by atoms with E-state index in [4.69, 9.17) is 10.5 Å². The van der Waals surface area contributed by atoms with Crippen molar-refractivity contribution in [1.29, 1.82) is 0 Å². The topological polar surface area (TPSA) is 113 Å². The first-order valence-electron chi connectivity index (χ1n) is 9.17. The van der Waals surface area contributed by atoms with Crippen LogP contribution in [0.5, 0.6) is 5.88 Å². The van der Waals surface area contributed by atoms with E-state index in [2.05, 4.69) is 32.2 Å². The van der Waals surface area contributed by atoms with Crippen LogP contribution in [-0.2, 0) is 6.54 Å². The zero-order chi connectivity index (χ0) is 20.9. The molecule has 152 valence electrons. The summed E-state index contributed by atoms with van der Waals surface area (Å²) in [5, 5.41) is 7.20. The lowest BCUT2D eigenvalue weighted by atomic mass is 10.2. The van der Waals surface area contributed by atoms with Gasteiger partial charge in [0.15, 0.2) is 0 Å². The maximum Gasteiger partial charge on any atom is 0.351 e. The lowest BCUT2D eigenvalue weighted by Gasteiger charge is -2.17. The number of aromatic nitrogens is 5. The highest BCUT2D eigenvalue weighted by molar-refractivity contribution is 5.58. The van der Waals surface area contributed by atoms with Gasteiger partial charge >= 0.3 is 5.69 Å². The second kappa shape index (κ2) is 8.59. The van der Waals surface area contributed by atoms with E-state index in [0.717, 1.165) is 10.4 Å². The van der Waals surface area contributed by atoms with Crippen molar-refractivity contribution in [2.75, 3.05) is 25.0 Å².